The van der Waals surface area contributed by atoms with Crippen LogP contribution in [-0.4, -0.2) is 72.2 Å². The molecule has 2 aromatic carbocycles. The van der Waals surface area contributed by atoms with Gasteiger partial charge in [0.05, 0.1) is 12.5 Å². The second kappa shape index (κ2) is 7.37. The van der Waals surface area contributed by atoms with Crippen LogP contribution in [0.5, 0.6) is 5.75 Å². The van der Waals surface area contributed by atoms with E-state index >= 15 is 0 Å². The third-order valence-electron chi connectivity index (χ3n) is 5.97. The molecule has 2 heterocycles. The Morgan fingerprint density at radius 3 is 2.59 bits per heavy atom. The van der Waals surface area contributed by atoms with Crippen LogP contribution < -0.4 is 4.90 Å². The molecule has 0 aromatic heterocycles. The number of aliphatic hydroxyl groups excluding tert-OH is 1. The molecule has 0 radical (unpaired) electrons. The maximum absolute atomic E-state index is 12.9. The minimum atomic E-state index is -0.197. The van der Waals surface area contributed by atoms with E-state index in [1.807, 2.05) is 23.1 Å². The van der Waals surface area contributed by atoms with E-state index in [0.717, 1.165) is 62.1 Å². The van der Waals surface area contributed by atoms with Gasteiger partial charge in [-0.25, -0.2) is 0 Å². The number of fused-ring (bicyclic) bond motifs is 1. The van der Waals surface area contributed by atoms with Gasteiger partial charge in [-0.1, -0.05) is 12.1 Å². The lowest BCUT2D eigenvalue weighted by atomic mass is 10.0. The van der Waals surface area contributed by atoms with E-state index in [2.05, 4.69) is 22.9 Å². The molecule has 2 aromatic rings. The first-order valence-corrected chi connectivity index (χ1v) is 9.64. The molecule has 144 valence electrons. The van der Waals surface area contributed by atoms with E-state index in [-0.39, 0.29) is 24.2 Å². The number of hydrogen-bond acceptors (Lipinski definition) is 5. The molecule has 1 amide bonds. The number of phenols is 1. The maximum atomic E-state index is 12.9. The van der Waals surface area contributed by atoms with Crippen molar-refractivity contribution in [2.24, 2.45) is 5.92 Å². The second-order valence-electron chi connectivity index (χ2n) is 7.69. The van der Waals surface area contributed by atoms with Gasteiger partial charge in [0, 0.05) is 50.5 Å². The number of likely N-dealkylation sites (N-methyl/N-ethyl adjacent to an activating group) is 1. The number of piperazine rings is 1. The van der Waals surface area contributed by atoms with Crippen molar-refractivity contribution in [1.82, 2.24) is 9.80 Å². The van der Waals surface area contributed by atoms with Crippen LogP contribution in [0, 0.1) is 5.92 Å². The van der Waals surface area contributed by atoms with Crippen molar-refractivity contribution >= 4 is 22.4 Å². The number of anilines is 1. The zero-order valence-corrected chi connectivity index (χ0v) is 15.8. The first kappa shape index (κ1) is 18.1. The van der Waals surface area contributed by atoms with Crippen molar-refractivity contribution in [3.05, 3.63) is 35.9 Å². The Morgan fingerprint density at radius 2 is 1.85 bits per heavy atom. The predicted molar refractivity (Wildman–Crippen MR) is 106 cm³/mol. The SMILES string of the molecule is CN1CCN(C(=O)C2CCN(c3ccc4ccc(O)c(CO)c4c3)C2)CC1. The first-order valence-electron chi connectivity index (χ1n) is 9.64. The number of aliphatic hydroxyl groups is 1. The molecule has 0 spiro atoms. The maximum Gasteiger partial charge on any atom is 0.227 e. The van der Waals surface area contributed by atoms with Gasteiger partial charge in [-0.05, 0) is 42.4 Å². The minimum Gasteiger partial charge on any atom is -0.508 e. The number of rotatable bonds is 3. The van der Waals surface area contributed by atoms with Gasteiger partial charge in [0.15, 0.2) is 0 Å². The van der Waals surface area contributed by atoms with Crippen molar-refractivity contribution in [2.45, 2.75) is 13.0 Å². The van der Waals surface area contributed by atoms with Crippen LogP contribution in [0.2, 0.25) is 0 Å². The molecule has 0 bridgehead atoms. The summed E-state index contributed by atoms with van der Waals surface area (Å²) in [6, 6.07) is 9.57. The third kappa shape index (κ3) is 3.47. The second-order valence-corrected chi connectivity index (χ2v) is 7.69. The van der Waals surface area contributed by atoms with Gasteiger partial charge in [-0.3, -0.25) is 4.79 Å². The van der Waals surface area contributed by atoms with E-state index < -0.39 is 0 Å². The summed E-state index contributed by atoms with van der Waals surface area (Å²) < 4.78 is 0. The number of hydrogen-bond donors (Lipinski definition) is 2. The highest BCUT2D eigenvalue weighted by molar-refractivity contribution is 5.90. The molecule has 0 saturated carbocycles. The Morgan fingerprint density at radius 1 is 1.11 bits per heavy atom. The van der Waals surface area contributed by atoms with Crippen LogP contribution in [0.3, 0.4) is 0 Å². The largest absolute Gasteiger partial charge is 0.508 e. The molecule has 6 heteroatoms. The molecule has 1 atom stereocenters. The Labute approximate surface area is 159 Å². The molecule has 4 rings (SSSR count). The van der Waals surface area contributed by atoms with Gasteiger partial charge in [0.1, 0.15) is 5.75 Å². The number of nitrogens with zero attached hydrogens (tertiary/aromatic N) is 3. The third-order valence-corrected chi connectivity index (χ3v) is 5.97. The summed E-state index contributed by atoms with van der Waals surface area (Å²) in [6.07, 6.45) is 0.871. The van der Waals surface area contributed by atoms with Gasteiger partial charge < -0.3 is 24.9 Å². The summed E-state index contributed by atoms with van der Waals surface area (Å²) in [5.74, 6) is 0.442. The van der Waals surface area contributed by atoms with Crippen molar-refractivity contribution < 1.29 is 15.0 Å². The first-order chi connectivity index (χ1) is 13.1. The van der Waals surface area contributed by atoms with Crippen molar-refractivity contribution in [3.63, 3.8) is 0 Å². The molecule has 1 unspecified atom stereocenters. The lowest BCUT2D eigenvalue weighted by Crippen LogP contribution is -2.49. The van der Waals surface area contributed by atoms with Crippen molar-refractivity contribution in [1.29, 1.82) is 0 Å². The molecule has 2 saturated heterocycles. The molecule has 6 nitrogen and oxygen atoms in total. The summed E-state index contributed by atoms with van der Waals surface area (Å²) in [6.45, 7) is 4.91. The Balaban J connectivity index is 1.51. The van der Waals surface area contributed by atoms with Crippen molar-refractivity contribution in [2.75, 3.05) is 51.2 Å². The van der Waals surface area contributed by atoms with E-state index in [9.17, 15) is 15.0 Å². The van der Waals surface area contributed by atoms with Crippen molar-refractivity contribution in [3.8, 4) is 5.75 Å². The highest BCUT2D eigenvalue weighted by Gasteiger charge is 2.32. The van der Waals surface area contributed by atoms with Gasteiger partial charge >= 0.3 is 0 Å². The number of carbonyl (C=O) groups is 1. The van der Waals surface area contributed by atoms with Crippen LogP contribution in [0.15, 0.2) is 30.3 Å². The number of amides is 1. The fraction of sp³-hybridized carbons (Fsp3) is 0.476. The number of carbonyl (C=O) groups excluding carboxylic acids is 1. The van der Waals surface area contributed by atoms with Crippen LogP contribution in [0.4, 0.5) is 5.69 Å². The summed E-state index contributed by atoms with van der Waals surface area (Å²) in [5, 5.41) is 21.5. The number of benzene rings is 2. The Hall–Kier alpha value is -2.31. The fourth-order valence-corrected chi connectivity index (χ4v) is 4.20. The lowest BCUT2D eigenvalue weighted by molar-refractivity contribution is -0.136. The summed E-state index contributed by atoms with van der Waals surface area (Å²) in [7, 11) is 2.09. The smallest absolute Gasteiger partial charge is 0.227 e. The van der Waals surface area contributed by atoms with Crippen LogP contribution >= 0.6 is 0 Å². The van der Waals surface area contributed by atoms with Crippen LogP contribution in [0.1, 0.15) is 12.0 Å². The van der Waals surface area contributed by atoms with E-state index in [4.69, 9.17) is 0 Å². The highest BCUT2D eigenvalue weighted by atomic mass is 16.3. The molecule has 2 aliphatic rings. The van der Waals surface area contributed by atoms with Gasteiger partial charge in [0.25, 0.3) is 0 Å². The molecule has 2 aliphatic heterocycles. The van der Waals surface area contributed by atoms with Gasteiger partial charge in [-0.15, -0.1) is 0 Å². The quantitative estimate of drug-likeness (QED) is 0.861. The molecular formula is C21H27N3O3. The summed E-state index contributed by atoms with van der Waals surface area (Å²) >= 11 is 0. The predicted octanol–water partition coefficient (Wildman–Crippen LogP) is 1.64. The number of aromatic hydroxyl groups is 1. The highest BCUT2D eigenvalue weighted by Crippen LogP contribution is 2.32. The van der Waals surface area contributed by atoms with E-state index in [1.54, 1.807) is 6.07 Å². The zero-order valence-electron chi connectivity index (χ0n) is 15.8. The average Bonchev–Trinajstić information content (AvgIpc) is 3.18. The van der Waals surface area contributed by atoms with Gasteiger partial charge in [0.2, 0.25) is 5.91 Å². The van der Waals surface area contributed by atoms with E-state index in [1.165, 1.54) is 0 Å². The zero-order chi connectivity index (χ0) is 19.0. The minimum absolute atomic E-state index is 0.0468. The Bertz CT molecular complexity index is 846. The monoisotopic (exact) mass is 369 g/mol. The fourth-order valence-electron chi connectivity index (χ4n) is 4.20. The summed E-state index contributed by atoms with van der Waals surface area (Å²) in [4.78, 5) is 19.4. The summed E-state index contributed by atoms with van der Waals surface area (Å²) in [5.41, 5.74) is 1.59. The van der Waals surface area contributed by atoms with Gasteiger partial charge in [-0.2, -0.15) is 0 Å². The molecule has 0 aliphatic carbocycles. The molecule has 2 fully saturated rings. The topological polar surface area (TPSA) is 67.2 Å². The standard InChI is InChI=1S/C21H27N3O3/c1-22-8-10-23(11-9-22)21(27)16-6-7-24(13-16)17-4-2-15-3-5-20(26)19(14-25)18(15)12-17/h2-5,12,16,25-26H,6-11,13-14H2,1H3. The molecular weight excluding hydrogens is 342 g/mol. The molecule has 27 heavy (non-hydrogen) atoms. The van der Waals surface area contributed by atoms with Crippen LogP contribution in [0.25, 0.3) is 10.8 Å². The lowest BCUT2D eigenvalue weighted by Gasteiger charge is -2.34. The van der Waals surface area contributed by atoms with Crippen LogP contribution in [-0.2, 0) is 11.4 Å². The molecule has 2 N–H and O–H groups in total. The Kier molecular flexibility index (Phi) is 4.93. The van der Waals surface area contributed by atoms with E-state index in [0.29, 0.717) is 5.56 Å². The normalized spacial score (nSPS) is 21.2. The average molecular weight is 369 g/mol.